The number of anilines is 2. The second-order valence-corrected chi connectivity index (χ2v) is 9.15. The van der Waals surface area contributed by atoms with Crippen LogP contribution in [-0.2, 0) is 9.53 Å². The van der Waals surface area contributed by atoms with E-state index in [1.54, 1.807) is 0 Å². The van der Waals surface area contributed by atoms with Gasteiger partial charge in [-0.05, 0) is 37.3 Å². The molecule has 2 aromatic rings. The fourth-order valence-electron chi connectivity index (χ4n) is 4.10. The van der Waals surface area contributed by atoms with E-state index in [1.807, 2.05) is 34.5 Å². The van der Waals surface area contributed by atoms with Gasteiger partial charge in [0.15, 0.2) is 0 Å². The van der Waals surface area contributed by atoms with Gasteiger partial charge in [0.25, 0.3) is 11.8 Å². The van der Waals surface area contributed by atoms with E-state index >= 15 is 0 Å². The topological polar surface area (TPSA) is 74.8 Å². The maximum atomic E-state index is 12.9. The van der Waals surface area contributed by atoms with Crippen LogP contribution in [0.3, 0.4) is 0 Å². The molecule has 1 aromatic heterocycles. The molecule has 2 saturated heterocycles. The molecule has 3 heterocycles. The lowest BCUT2D eigenvalue weighted by atomic mass is 9.97. The summed E-state index contributed by atoms with van der Waals surface area (Å²) in [4.78, 5) is 33.8. The van der Waals surface area contributed by atoms with Gasteiger partial charge in [-0.25, -0.2) is 4.98 Å². The molecular weight excluding hydrogens is 436 g/mol. The van der Waals surface area contributed by atoms with E-state index in [0.717, 1.165) is 55.2 Å². The Balaban J connectivity index is 1.35. The molecule has 1 aromatic carbocycles. The molecule has 2 amide bonds. The average Bonchev–Trinajstić information content (AvgIpc) is 3.36. The minimum Gasteiger partial charge on any atom is -0.378 e. The first-order valence-corrected chi connectivity index (χ1v) is 12.5. The lowest BCUT2D eigenvalue weighted by molar-refractivity contribution is -0.126. The van der Waals surface area contributed by atoms with Gasteiger partial charge in [0.2, 0.25) is 0 Å². The highest BCUT2D eigenvalue weighted by molar-refractivity contribution is 7.10. The highest BCUT2D eigenvalue weighted by Gasteiger charge is 2.26. The van der Waals surface area contributed by atoms with Crippen molar-refractivity contribution in [3.05, 3.63) is 40.3 Å². The lowest BCUT2D eigenvalue weighted by Gasteiger charge is -2.30. The number of benzene rings is 1. The zero-order valence-electron chi connectivity index (χ0n) is 19.0. The molecule has 8 heteroatoms. The number of ether oxygens (including phenoxy) is 1. The number of piperidine rings is 1. The Morgan fingerprint density at radius 2 is 1.94 bits per heavy atom. The third-order valence-corrected chi connectivity index (χ3v) is 6.97. The molecule has 4 rings (SSSR count). The fraction of sp³-hybridized carbons (Fsp3) is 0.480. The first kappa shape index (κ1) is 23.3. The average molecular weight is 467 g/mol. The van der Waals surface area contributed by atoms with E-state index < -0.39 is 0 Å². The summed E-state index contributed by atoms with van der Waals surface area (Å²) in [6, 6.07) is 7.85. The molecule has 0 bridgehead atoms. The zero-order chi connectivity index (χ0) is 23.0. The second-order valence-electron chi connectivity index (χ2n) is 8.26. The Bertz CT molecular complexity index is 1030. The number of carbonyl (C=O) groups is 2. The van der Waals surface area contributed by atoms with E-state index in [9.17, 15) is 9.59 Å². The summed E-state index contributed by atoms with van der Waals surface area (Å²) in [5.74, 6) is 5.66. The van der Waals surface area contributed by atoms with Crippen molar-refractivity contribution in [2.24, 2.45) is 0 Å². The van der Waals surface area contributed by atoms with E-state index in [1.165, 1.54) is 11.3 Å². The maximum absolute atomic E-state index is 12.9. The number of nitrogens with zero attached hydrogens (tertiary/aromatic N) is 3. The second kappa shape index (κ2) is 11.3. The van der Waals surface area contributed by atoms with Gasteiger partial charge in [-0.15, -0.1) is 11.3 Å². The van der Waals surface area contributed by atoms with Crippen molar-refractivity contribution in [2.45, 2.75) is 38.5 Å². The fourth-order valence-corrected chi connectivity index (χ4v) is 5.07. The minimum absolute atomic E-state index is 0.0833. The van der Waals surface area contributed by atoms with Gasteiger partial charge in [-0.3, -0.25) is 9.59 Å². The number of thiazole rings is 1. The summed E-state index contributed by atoms with van der Waals surface area (Å²) >= 11 is 1.52. The Morgan fingerprint density at radius 3 is 2.70 bits per heavy atom. The van der Waals surface area contributed by atoms with Gasteiger partial charge >= 0.3 is 0 Å². The molecular formula is C25H30N4O3S. The van der Waals surface area contributed by atoms with Crippen LogP contribution in [0.25, 0.3) is 0 Å². The van der Waals surface area contributed by atoms with Gasteiger partial charge < -0.3 is 19.9 Å². The summed E-state index contributed by atoms with van der Waals surface area (Å²) in [6.45, 7) is 6.39. The summed E-state index contributed by atoms with van der Waals surface area (Å²) in [7, 11) is 0. The van der Waals surface area contributed by atoms with Gasteiger partial charge in [0.05, 0.1) is 29.6 Å². The van der Waals surface area contributed by atoms with Gasteiger partial charge in [0, 0.05) is 43.9 Å². The molecule has 0 unspecified atom stereocenters. The number of unbranched alkanes of at least 4 members (excludes halogenated alkanes) is 1. The number of nitrogens with one attached hydrogen (secondary N) is 1. The zero-order valence-corrected chi connectivity index (χ0v) is 19.8. The summed E-state index contributed by atoms with van der Waals surface area (Å²) in [6.07, 6.45) is 3.40. The molecule has 1 N–H and O–H groups in total. The molecule has 0 aliphatic carbocycles. The van der Waals surface area contributed by atoms with Crippen molar-refractivity contribution in [1.82, 2.24) is 9.88 Å². The first-order chi connectivity index (χ1) is 16.2. The van der Waals surface area contributed by atoms with Crippen LogP contribution in [-0.4, -0.2) is 61.1 Å². The molecule has 2 aliphatic rings. The molecule has 0 radical (unpaired) electrons. The van der Waals surface area contributed by atoms with E-state index in [2.05, 4.69) is 34.0 Å². The van der Waals surface area contributed by atoms with Crippen LogP contribution in [0, 0.1) is 11.8 Å². The largest absolute Gasteiger partial charge is 0.378 e. The van der Waals surface area contributed by atoms with Crippen molar-refractivity contribution < 1.29 is 14.3 Å². The number of amides is 2. The maximum Gasteiger partial charge on any atom is 0.298 e. The van der Waals surface area contributed by atoms with E-state index in [4.69, 9.17) is 4.74 Å². The van der Waals surface area contributed by atoms with Gasteiger partial charge in [-0.1, -0.05) is 25.0 Å². The predicted molar refractivity (Wildman–Crippen MR) is 131 cm³/mol. The van der Waals surface area contributed by atoms with Crippen molar-refractivity contribution >= 4 is 34.5 Å². The number of morpholine rings is 1. The molecule has 2 aliphatic heterocycles. The molecule has 7 nitrogen and oxygen atoms in total. The summed E-state index contributed by atoms with van der Waals surface area (Å²) in [5.41, 5.74) is 2.23. The van der Waals surface area contributed by atoms with Crippen molar-refractivity contribution in [2.75, 3.05) is 49.6 Å². The van der Waals surface area contributed by atoms with Crippen LogP contribution in [0.2, 0.25) is 0 Å². The van der Waals surface area contributed by atoms with E-state index in [0.29, 0.717) is 32.0 Å². The Morgan fingerprint density at radius 1 is 1.18 bits per heavy atom. The van der Waals surface area contributed by atoms with Crippen LogP contribution < -0.4 is 10.2 Å². The summed E-state index contributed by atoms with van der Waals surface area (Å²) < 4.78 is 5.45. The first-order valence-electron chi connectivity index (χ1n) is 11.6. The number of hydrogen-bond acceptors (Lipinski definition) is 6. The third kappa shape index (κ3) is 5.92. The SMILES string of the molecule is CCCC#CC(=O)N1CCC(c2nc(C(=O)Nc3ccccc3N3CCOCC3)cs2)CC1. The molecule has 2 fully saturated rings. The molecule has 0 saturated carbocycles. The van der Waals surface area contributed by atoms with Crippen LogP contribution in [0.15, 0.2) is 29.6 Å². The van der Waals surface area contributed by atoms with Crippen LogP contribution in [0.1, 0.15) is 54.0 Å². The quantitative estimate of drug-likeness (QED) is 0.680. The third-order valence-electron chi connectivity index (χ3n) is 5.96. The van der Waals surface area contributed by atoms with Gasteiger partial charge in [-0.2, -0.15) is 0 Å². The van der Waals surface area contributed by atoms with Crippen molar-refractivity contribution in [3.63, 3.8) is 0 Å². The standard InChI is InChI=1S/C25H30N4O3S/c1-2-3-4-9-23(30)29-12-10-19(11-13-29)25-27-21(18-33-25)24(31)26-20-7-5-6-8-22(20)28-14-16-32-17-15-28/h5-8,18-19H,2-3,10-17H2,1H3,(H,26,31). The number of carbonyl (C=O) groups excluding carboxylic acids is 2. The van der Waals surface area contributed by atoms with Gasteiger partial charge in [0.1, 0.15) is 5.69 Å². The highest BCUT2D eigenvalue weighted by Crippen LogP contribution is 2.31. The monoisotopic (exact) mass is 466 g/mol. The molecule has 0 spiro atoms. The Labute approximate surface area is 199 Å². The number of likely N-dealkylation sites (tertiary alicyclic amines) is 1. The van der Waals surface area contributed by atoms with E-state index in [-0.39, 0.29) is 17.7 Å². The Hall–Kier alpha value is -2.89. The highest BCUT2D eigenvalue weighted by atomic mass is 32.1. The van der Waals surface area contributed by atoms with Crippen molar-refractivity contribution in [1.29, 1.82) is 0 Å². The molecule has 174 valence electrons. The number of rotatable bonds is 5. The van der Waals surface area contributed by atoms with Crippen molar-refractivity contribution in [3.8, 4) is 11.8 Å². The predicted octanol–water partition coefficient (Wildman–Crippen LogP) is 3.74. The number of para-hydroxylation sites is 2. The van der Waals surface area contributed by atoms with Crippen LogP contribution >= 0.6 is 11.3 Å². The lowest BCUT2D eigenvalue weighted by Crippen LogP contribution is -2.37. The smallest absolute Gasteiger partial charge is 0.298 e. The normalized spacial score (nSPS) is 16.8. The Kier molecular flexibility index (Phi) is 7.97. The molecule has 0 atom stereocenters. The van der Waals surface area contributed by atoms with Crippen LogP contribution in [0.4, 0.5) is 11.4 Å². The minimum atomic E-state index is -0.197. The molecule has 33 heavy (non-hydrogen) atoms. The summed E-state index contributed by atoms with van der Waals surface area (Å²) in [5, 5.41) is 5.83. The number of aromatic nitrogens is 1. The van der Waals surface area contributed by atoms with Crippen LogP contribution in [0.5, 0.6) is 0 Å². The number of hydrogen-bond donors (Lipinski definition) is 1.